The quantitative estimate of drug-likeness (QED) is 0.146. The highest BCUT2D eigenvalue weighted by molar-refractivity contribution is 6.19. The third-order valence-corrected chi connectivity index (χ3v) is 13.3. The van der Waals surface area contributed by atoms with Crippen LogP contribution in [0.25, 0.3) is 105 Å². The van der Waals surface area contributed by atoms with Crippen molar-refractivity contribution in [1.82, 2.24) is 4.57 Å². The molecule has 1 aliphatic carbocycles. The van der Waals surface area contributed by atoms with Gasteiger partial charge in [0.25, 0.3) is 0 Å². The molecule has 64 heavy (non-hydrogen) atoms. The van der Waals surface area contributed by atoms with Crippen LogP contribution >= 0.6 is 0 Å². The highest BCUT2D eigenvalue weighted by atomic mass is 15.1. The summed E-state index contributed by atoms with van der Waals surface area (Å²) in [6.07, 6.45) is 0. The van der Waals surface area contributed by atoms with Crippen LogP contribution < -0.4 is 4.90 Å². The van der Waals surface area contributed by atoms with Crippen LogP contribution in [0.3, 0.4) is 0 Å². The van der Waals surface area contributed by atoms with Gasteiger partial charge in [0.15, 0.2) is 0 Å². The Kier molecular flexibility index (Phi) is 8.25. The number of hydrogen-bond donors (Lipinski definition) is 0. The summed E-state index contributed by atoms with van der Waals surface area (Å²) in [5.74, 6) is 0. The number of benzene rings is 11. The standard InChI is InChI=1S/C62H40N2/c1-3-16-42(17-4-1)60-56-25-11-12-28-58(56)64(47-19-5-2-6-20-47)62(60)43-31-34-48(35-32-43)63(59-38-37-55-53-24-10-9-23-52(53)54-26-14-27-57(59)61(54)55)49-21-13-18-44(40-49)45-33-36-51-46(39-45)30-29-41-15-7-8-22-50(41)51/h1-40H. The van der Waals surface area contributed by atoms with Gasteiger partial charge < -0.3 is 9.47 Å². The maximum atomic E-state index is 2.46. The van der Waals surface area contributed by atoms with Crippen molar-refractivity contribution in [3.63, 3.8) is 0 Å². The number of fused-ring (bicyclic) bond motifs is 7. The fourth-order valence-electron chi connectivity index (χ4n) is 10.5. The Morgan fingerprint density at radius 1 is 0.312 bits per heavy atom. The Morgan fingerprint density at radius 2 is 0.906 bits per heavy atom. The second-order valence-corrected chi connectivity index (χ2v) is 16.8. The van der Waals surface area contributed by atoms with E-state index in [9.17, 15) is 0 Å². The van der Waals surface area contributed by atoms with Gasteiger partial charge in [-0.25, -0.2) is 0 Å². The first kappa shape index (κ1) is 36.2. The maximum absolute atomic E-state index is 2.46. The molecule has 0 saturated heterocycles. The largest absolute Gasteiger partial charge is 0.310 e. The van der Waals surface area contributed by atoms with E-state index in [0.29, 0.717) is 0 Å². The second-order valence-electron chi connectivity index (χ2n) is 16.8. The number of nitrogens with zero attached hydrogens (tertiary/aromatic N) is 2. The Balaban J connectivity index is 1.01. The summed E-state index contributed by atoms with van der Waals surface area (Å²) in [5, 5.41) is 8.82. The molecule has 12 aromatic rings. The summed E-state index contributed by atoms with van der Waals surface area (Å²) in [6.45, 7) is 0. The fourth-order valence-corrected chi connectivity index (χ4v) is 10.5. The fraction of sp³-hybridized carbons (Fsp3) is 0. The molecule has 0 atom stereocenters. The zero-order chi connectivity index (χ0) is 42.1. The van der Waals surface area contributed by atoms with Gasteiger partial charge in [-0.05, 0) is 126 Å². The van der Waals surface area contributed by atoms with Gasteiger partial charge in [0.2, 0.25) is 0 Å². The molecular weight excluding hydrogens is 773 g/mol. The van der Waals surface area contributed by atoms with Gasteiger partial charge in [0.05, 0.1) is 16.9 Å². The predicted octanol–water partition coefficient (Wildman–Crippen LogP) is 17.2. The van der Waals surface area contributed by atoms with Crippen LogP contribution in [0.5, 0.6) is 0 Å². The average Bonchev–Trinajstić information content (AvgIpc) is 3.89. The molecule has 0 N–H and O–H groups in total. The molecule has 1 aromatic heterocycles. The molecular formula is C62H40N2. The lowest BCUT2D eigenvalue weighted by atomic mass is 9.96. The molecule has 298 valence electrons. The number of para-hydroxylation sites is 2. The van der Waals surface area contributed by atoms with Crippen LogP contribution in [0, 0.1) is 0 Å². The van der Waals surface area contributed by atoms with Crippen molar-refractivity contribution in [3.05, 3.63) is 243 Å². The summed E-state index contributed by atoms with van der Waals surface area (Å²) in [7, 11) is 0. The SMILES string of the molecule is c1ccc(-c2c(-c3ccc(N(c4cccc(-c5ccc6c(ccc7ccccc76)c5)c4)c4ccc5c6c(cccc46)-c4ccccc4-5)cc3)n(-c3ccccc3)c3ccccc23)cc1. The molecule has 1 aliphatic rings. The first-order chi connectivity index (χ1) is 31.8. The minimum absolute atomic E-state index is 1.09. The van der Waals surface area contributed by atoms with Gasteiger partial charge in [-0.15, -0.1) is 0 Å². The normalized spacial score (nSPS) is 11.8. The lowest BCUT2D eigenvalue weighted by Gasteiger charge is -2.28. The monoisotopic (exact) mass is 812 g/mol. The van der Waals surface area contributed by atoms with Crippen molar-refractivity contribution < 1.29 is 0 Å². The number of aromatic nitrogens is 1. The molecule has 0 saturated carbocycles. The number of rotatable bonds is 7. The first-order valence-electron chi connectivity index (χ1n) is 22.1. The van der Waals surface area contributed by atoms with Gasteiger partial charge >= 0.3 is 0 Å². The molecule has 0 amide bonds. The van der Waals surface area contributed by atoms with Crippen LogP contribution in [-0.4, -0.2) is 4.57 Å². The van der Waals surface area contributed by atoms with Crippen LogP contribution in [0.15, 0.2) is 243 Å². The van der Waals surface area contributed by atoms with Crippen molar-refractivity contribution in [2.45, 2.75) is 0 Å². The van der Waals surface area contributed by atoms with Crippen molar-refractivity contribution in [2.75, 3.05) is 4.90 Å². The Hall–Kier alpha value is -8.46. The number of hydrogen-bond acceptors (Lipinski definition) is 1. The molecule has 2 nitrogen and oxygen atoms in total. The summed E-state index contributed by atoms with van der Waals surface area (Å²) in [4.78, 5) is 2.46. The van der Waals surface area contributed by atoms with Gasteiger partial charge in [-0.1, -0.05) is 188 Å². The third-order valence-electron chi connectivity index (χ3n) is 13.3. The summed E-state index contributed by atoms with van der Waals surface area (Å²) < 4.78 is 2.43. The topological polar surface area (TPSA) is 8.17 Å². The molecule has 0 bridgehead atoms. The van der Waals surface area contributed by atoms with E-state index in [1.165, 1.54) is 93.4 Å². The first-order valence-corrected chi connectivity index (χ1v) is 22.1. The van der Waals surface area contributed by atoms with E-state index in [2.05, 4.69) is 252 Å². The zero-order valence-electron chi connectivity index (χ0n) is 35.0. The van der Waals surface area contributed by atoms with Crippen molar-refractivity contribution >= 4 is 60.3 Å². The van der Waals surface area contributed by atoms with E-state index in [1.54, 1.807) is 0 Å². The molecule has 2 heteroatoms. The minimum atomic E-state index is 1.09. The van der Waals surface area contributed by atoms with Crippen molar-refractivity contribution in [1.29, 1.82) is 0 Å². The summed E-state index contributed by atoms with van der Waals surface area (Å²) in [5.41, 5.74) is 17.9. The molecule has 11 aromatic carbocycles. The van der Waals surface area contributed by atoms with Crippen molar-refractivity contribution in [3.8, 4) is 61.5 Å². The highest BCUT2D eigenvalue weighted by Crippen LogP contribution is 2.52. The van der Waals surface area contributed by atoms with E-state index < -0.39 is 0 Å². The predicted molar refractivity (Wildman–Crippen MR) is 271 cm³/mol. The van der Waals surface area contributed by atoms with Gasteiger partial charge in [-0.3, -0.25) is 0 Å². The zero-order valence-corrected chi connectivity index (χ0v) is 35.0. The van der Waals surface area contributed by atoms with E-state index in [-0.39, 0.29) is 0 Å². The molecule has 1 heterocycles. The molecule has 0 radical (unpaired) electrons. The summed E-state index contributed by atoms with van der Waals surface area (Å²) in [6, 6.07) is 89.0. The Labute approximate surface area is 372 Å². The molecule has 13 rings (SSSR count). The molecule has 0 aliphatic heterocycles. The minimum Gasteiger partial charge on any atom is -0.310 e. The van der Waals surface area contributed by atoms with Crippen LogP contribution in [0.1, 0.15) is 0 Å². The van der Waals surface area contributed by atoms with E-state index >= 15 is 0 Å². The van der Waals surface area contributed by atoms with E-state index in [0.717, 1.165) is 28.3 Å². The third kappa shape index (κ3) is 5.66. The highest BCUT2D eigenvalue weighted by Gasteiger charge is 2.26. The van der Waals surface area contributed by atoms with Gasteiger partial charge in [-0.2, -0.15) is 0 Å². The lowest BCUT2D eigenvalue weighted by molar-refractivity contribution is 1.13. The number of anilines is 3. The van der Waals surface area contributed by atoms with E-state index in [4.69, 9.17) is 0 Å². The maximum Gasteiger partial charge on any atom is 0.0619 e. The average molecular weight is 813 g/mol. The Morgan fingerprint density at radius 3 is 1.73 bits per heavy atom. The van der Waals surface area contributed by atoms with Crippen LogP contribution in [0.4, 0.5) is 17.1 Å². The van der Waals surface area contributed by atoms with Gasteiger partial charge in [0.1, 0.15) is 0 Å². The molecule has 0 spiro atoms. The van der Waals surface area contributed by atoms with E-state index in [1.807, 2.05) is 0 Å². The van der Waals surface area contributed by atoms with Gasteiger partial charge in [0, 0.05) is 33.4 Å². The lowest BCUT2D eigenvalue weighted by Crippen LogP contribution is -2.11. The van der Waals surface area contributed by atoms with Crippen LogP contribution in [-0.2, 0) is 0 Å². The molecule has 0 fully saturated rings. The smallest absolute Gasteiger partial charge is 0.0619 e. The second kappa shape index (κ2) is 14.6. The van der Waals surface area contributed by atoms with Crippen LogP contribution in [0.2, 0.25) is 0 Å². The molecule has 0 unspecified atom stereocenters. The van der Waals surface area contributed by atoms with Crippen molar-refractivity contribution in [2.24, 2.45) is 0 Å². The Bertz CT molecular complexity index is 3660. The summed E-state index contributed by atoms with van der Waals surface area (Å²) >= 11 is 0.